The number of carbonyl (C=O) groups is 1. The van der Waals surface area contributed by atoms with E-state index in [0.717, 1.165) is 0 Å². The molecule has 0 unspecified atom stereocenters. The number of nitrogens with one attached hydrogen (secondary N) is 3. The number of rotatable bonds is 6. The number of amides is 1. The summed E-state index contributed by atoms with van der Waals surface area (Å²) in [6.07, 6.45) is 2.95. The third-order valence-electron chi connectivity index (χ3n) is 5.81. The van der Waals surface area contributed by atoms with E-state index in [4.69, 9.17) is 4.74 Å². The maximum Gasteiger partial charge on any atom is 0.274 e. The van der Waals surface area contributed by atoms with Gasteiger partial charge in [-0.05, 0) is 18.6 Å². The van der Waals surface area contributed by atoms with Gasteiger partial charge >= 0.3 is 0 Å². The number of halogens is 2. The lowest BCUT2D eigenvalue weighted by molar-refractivity contribution is -0.102. The maximum atomic E-state index is 13.6. The van der Waals surface area contributed by atoms with Gasteiger partial charge in [-0.2, -0.15) is 9.61 Å². The fourth-order valence-electron chi connectivity index (χ4n) is 3.70. The molecular formula is C20H21F2N7O3. The summed E-state index contributed by atoms with van der Waals surface area (Å²) in [6, 6.07) is 3.79. The van der Waals surface area contributed by atoms with Crippen molar-refractivity contribution >= 4 is 28.9 Å². The molecule has 2 aliphatic rings. The third-order valence-corrected chi connectivity index (χ3v) is 5.81. The Bertz CT molecular complexity index is 1250. The van der Waals surface area contributed by atoms with Crippen molar-refractivity contribution in [2.24, 2.45) is 0 Å². The maximum absolute atomic E-state index is 13.6. The molecular weight excluding hydrogens is 424 g/mol. The molecule has 1 saturated heterocycles. The molecule has 2 fully saturated rings. The Morgan fingerprint density at radius 3 is 2.78 bits per heavy atom. The topological polar surface area (TPSA) is 115 Å². The van der Waals surface area contributed by atoms with Crippen molar-refractivity contribution in [2.45, 2.75) is 30.8 Å². The molecule has 3 aromatic heterocycles. The molecule has 4 heterocycles. The molecule has 1 amide bonds. The van der Waals surface area contributed by atoms with Crippen molar-refractivity contribution in [3.8, 4) is 0 Å². The van der Waals surface area contributed by atoms with Crippen LogP contribution in [0.2, 0.25) is 0 Å². The number of pyridine rings is 1. The molecule has 0 aromatic carbocycles. The first-order chi connectivity index (χ1) is 15.4. The second-order valence-corrected chi connectivity index (χ2v) is 7.85. The number of fused-ring (bicyclic) bond motifs is 1. The smallest absolute Gasteiger partial charge is 0.274 e. The third kappa shape index (κ3) is 3.36. The van der Waals surface area contributed by atoms with Crippen molar-refractivity contribution in [1.29, 1.82) is 0 Å². The van der Waals surface area contributed by atoms with Gasteiger partial charge in [0.25, 0.3) is 17.4 Å². The van der Waals surface area contributed by atoms with Crippen LogP contribution in [0.3, 0.4) is 0 Å². The van der Waals surface area contributed by atoms with Crippen LogP contribution < -0.4 is 21.5 Å². The highest BCUT2D eigenvalue weighted by atomic mass is 19.3. The van der Waals surface area contributed by atoms with Crippen molar-refractivity contribution in [1.82, 2.24) is 24.5 Å². The summed E-state index contributed by atoms with van der Waals surface area (Å²) in [6.45, 7) is 0.956. The average molecular weight is 445 g/mol. The lowest BCUT2D eigenvalue weighted by atomic mass is 9.88. The lowest BCUT2D eigenvalue weighted by Gasteiger charge is -2.36. The number of anilines is 3. The number of nitrogens with zero attached hydrogens (tertiary/aromatic N) is 4. The highest BCUT2D eigenvalue weighted by Gasteiger charge is 2.49. The Morgan fingerprint density at radius 1 is 1.34 bits per heavy atom. The van der Waals surface area contributed by atoms with Gasteiger partial charge in [0.2, 0.25) is 0 Å². The molecule has 168 valence electrons. The summed E-state index contributed by atoms with van der Waals surface area (Å²) in [4.78, 5) is 29.9. The van der Waals surface area contributed by atoms with E-state index < -0.39 is 17.9 Å². The van der Waals surface area contributed by atoms with Gasteiger partial charge < -0.3 is 25.3 Å². The highest BCUT2D eigenvalue weighted by molar-refractivity contribution is 6.00. The molecule has 5 rings (SSSR count). The zero-order valence-electron chi connectivity index (χ0n) is 17.1. The van der Waals surface area contributed by atoms with Crippen LogP contribution in [0, 0.1) is 0 Å². The molecule has 0 spiro atoms. The summed E-state index contributed by atoms with van der Waals surface area (Å²) in [7, 11) is 1.67. The van der Waals surface area contributed by atoms with Crippen molar-refractivity contribution in [3.63, 3.8) is 0 Å². The van der Waals surface area contributed by atoms with Crippen molar-refractivity contribution in [2.75, 3.05) is 30.9 Å². The first-order valence-electron chi connectivity index (χ1n) is 10.2. The predicted octanol–water partition coefficient (Wildman–Crippen LogP) is 1.78. The molecule has 1 aliphatic carbocycles. The Balaban J connectivity index is 1.47. The number of carbonyl (C=O) groups excluding carboxylic acids is 1. The molecule has 0 bridgehead atoms. The fraction of sp³-hybridized carbons (Fsp3) is 0.400. The van der Waals surface area contributed by atoms with Gasteiger partial charge in [-0.25, -0.2) is 13.8 Å². The minimum Gasteiger partial charge on any atom is -0.377 e. The molecule has 1 aliphatic heterocycles. The summed E-state index contributed by atoms with van der Waals surface area (Å²) in [5.41, 5.74) is 0.304. The van der Waals surface area contributed by atoms with Crippen LogP contribution in [-0.2, 0) is 4.74 Å². The van der Waals surface area contributed by atoms with Crippen LogP contribution in [0.4, 0.5) is 26.1 Å². The SMILES string of the molecule is CNc1cc(Nc2cccn(C3COC3)c2=O)nc2c(C(=O)N[C@@H]3CCC3(F)F)cnn12. The van der Waals surface area contributed by atoms with E-state index in [0.29, 0.717) is 30.5 Å². The summed E-state index contributed by atoms with van der Waals surface area (Å²) in [5, 5.41) is 12.5. The number of ether oxygens (including phenoxy) is 1. The molecule has 3 aromatic rings. The van der Waals surface area contributed by atoms with Gasteiger partial charge in [0.05, 0.1) is 31.5 Å². The Morgan fingerprint density at radius 2 is 2.16 bits per heavy atom. The fourth-order valence-corrected chi connectivity index (χ4v) is 3.70. The van der Waals surface area contributed by atoms with E-state index in [1.54, 1.807) is 36.0 Å². The predicted molar refractivity (Wildman–Crippen MR) is 112 cm³/mol. The molecule has 10 nitrogen and oxygen atoms in total. The standard InChI is InChI=1S/C20H21F2N7O3/c1-23-16-7-15(25-13-3-2-6-28(19(13)31)11-9-32-10-11)27-17-12(8-24-29(16)17)18(30)26-14-4-5-20(14,21)22/h2-3,6-8,11,14,23H,4-5,9-10H2,1H3,(H,25,27)(H,26,30)/t14-/m1/s1. The van der Waals surface area contributed by atoms with Gasteiger partial charge in [0.15, 0.2) is 5.65 Å². The highest BCUT2D eigenvalue weighted by Crippen LogP contribution is 2.37. The molecule has 12 heteroatoms. The van der Waals surface area contributed by atoms with Crippen LogP contribution in [0.25, 0.3) is 5.65 Å². The molecule has 1 saturated carbocycles. The summed E-state index contributed by atoms with van der Waals surface area (Å²) >= 11 is 0. The van der Waals surface area contributed by atoms with Crippen molar-refractivity contribution < 1.29 is 18.3 Å². The normalized spacial score (nSPS) is 19.8. The van der Waals surface area contributed by atoms with Crippen molar-refractivity contribution in [3.05, 3.63) is 46.5 Å². The second kappa shape index (κ2) is 7.55. The number of hydrogen-bond donors (Lipinski definition) is 3. The first-order valence-corrected chi connectivity index (χ1v) is 10.2. The molecule has 0 radical (unpaired) electrons. The van der Waals surface area contributed by atoms with E-state index in [1.807, 2.05) is 0 Å². The number of aromatic nitrogens is 4. The van der Waals surface area contributed by atoms with Gasteiger partial charge in [0.1, 0.15) is 22.9 Å². The van der Waals surface area contributed by atoms with E-state index in [-0.39, 0.29) is 35.7 Å². The summed E-state index contributed by atoms with van der Waals surface area (Å²) < 4.78 is 35.3. The van der Waals surface area contributed by atoms with Crippen LogP contribution in [0.5, 0.6) is 0 Å². The van der Waals surface area contributed by atoms with E-state index in [1.165, 1.54) is 10.7 Å². The monoisotopic (exact) mass is 445 g/mol. The van der Waals surface area contributed by atoms with E-state index in [9.17, 15) is 18.4 Å². The lowest BCUT2D eigenvalue weighted by Crippen LogP contribution is -2.55. The second-order valence-electron chi connectivity index (χ2n) is 7.85. The first kappa shape index (κ1) is 20.4. The minimum absolute atomic E-state index is 0.0117. The Labute approximate surface area is 180 Å². The van der Waals surface area contributed by atoms with Crippen LogP contribution >= 0.6 is 0 Å². The van der Waals surface area contributed by atoms with Gasteiger partial charge in [-0.15, -0.1) is 0 Å². The largest absolute Gasteiger partial charge is 0.377 e. The Kier molecular flexibility index (Phi) is 4.81. The van der Waals surface area contributed by atoms with Gasteiger partial charge in [0, 0.05) is 25.7 Å². The van der Waals surface area contributed by atoms with Gasteiger partial charge in [-0.3, -0.25) is 9.59 Å². The quantitative estimate of drug-likeness (QED) is 0.530. The average Bonchev–Trinajstić information content (AvgIpc) is 3.16. The Hall–Kier alpha value is -3.54. The summed E-state index contributed by atoms with van der Waals surface area (Å²) in [5.74, 6) is -2.80. The molecule has 32 heavy (non-hydrogen) atoms. The van der Waals surface area contributed by atoms with Gasteiger partial charge in [-0.1, -0.05) is 0 Å². The van der Waals surface area contributed by atoms with E-state index in [2.05, 4.69) is 26.0 Å². The zero-order chi connectivity index (χ0) is 22.5. The van der Waals surface area contributed by atoms with Crippen LogP contribution in [-0.4, -0.2) is 57.3 Å². The molecule has 1 atom stereocenters. The number of hydrogen-bond acceptors (Lipinski definition) is 7. The minimum atomic E-state index is -2.91. The van der Waals surface area contributed by atoms with Crippen LogP contribution in [0.1, 0.15) is 29.2 Å². The number of alkyl halides is 2. The van der Waals surface area contributed by atoms with Crippen LogP contribution in [0.15, 0.2) is 35.4 Å². The van der Waals surface area contributed by atoms with E-state index >= 15 is 0 Å². The molecule has 3 N–H and O–H groups in total. The zero-order valence-corrected chi connectivity index (χ0v) is 17.1.